The maximum atomic E-state index is 13.1. The average Bonchev–Trinajstić information content (AvgIpc) is 2.71. The Bertz CT molecular complexity index is 1080. The topological polar surface area (TPSA) is 52.7 Å². The van der Waals surface area contributed by atoms with E-state index >= 15 is 0 Å². The van der Waals surface area contributed by atoms with E-state index in [9.17, 15) is 9.59 Å². The van der Waals surface area contributed by atoms with E-state index in [1.54, 1.807) is 16.8 Å². The van der Waals surface area contributed by atoms with Crippen LogP contribution in [-0.2, 0) is 9.59 Å². The van der Waals surface area contributed by atoms with Gasteiger partial charge in [0.25, 0.3) is 0 Å². The van der Waals surface area contributed by atoms with E-state index in [0.29, 0.717) is 6.54 Å². The van der Waals surface area contributed by atoms with Gasteiger partial charge in [0.1, 0.15) is 0 Å². The van der Waals surface area contributed by atoms with Gasteiger partial charge in [-0.1, -0.05) is 54.1 Å². The van der Waals surface area contributed by atoms with Crippen LogP contribution in [0.2, 0.25) is 0 Å². The summed E-state index contributed by atoms with van der Waals surface area (Å²) in [6.45, 7) is 8.87. The SMILES string of the molecule is CCN(C(=O)CN(C)CC(=O)Nc1c(C)cc(C)cc1C)c1cccc2ccccc12. The first-order chi connectivity index (χ1) is 14.8. The molecule has 0 radical (unpaired) electrons. The Labute approximate surface area is 184 Å². The monoisotopic (exact) mass is 417 g/mol. The fourth-order valence-electron chi connectivity index (χ4n) is 4.10. The molecular weight excluding hydrogens is 386 g/mol. The molecule has 31 heavy (non-hydrogen) atoms. The lowest BCUT2D eigenvalue weighted by atomic mass is 10.1. The molecule has 3 aromatic carbocycles. The van der Waals surface area contributed by atoms with Gasteiger partial charge >= 0.3 is 0 Å². The van der Waals surface area contributed by atoms with Crippen LogP contribution < -0.4 is 10.2 Å². The van der Waals surface area contributed by atoms with Gasteiger partial charge in [-0.25, -0.2) is 0 Å². The molecule has 162 valence electrons. The van der Waals surface area contributed by atoms with Crippen LogP contribution in [0.5, 0.6) is 0 Å². The lowest BCUT2D eigenvalue weighted by Gasteiger charge is -2.25. The van der Waals surface area contributed by atoms with Gasteiger partial charge in [0.05, 0.1) is 18.8 Å². The number of rotatable bonds is 7. The molecule has 0 fully saturated rings. The van der Waals surface area contributed by atoms with E-state index in [4.69, 9.17) is 0 Å². The molecule has 0 atom stereocenters. The van der Waals surface area contributed by atoms with Crippen molar-refractivity contribution in [2.24, 2.45) is 0 Å². The highest BCUT2D eigenvalue weighted by Gasteiger charge is 2.19. The molecule has 0 aliphatic heterocycles. The summed E-state index contributed by atoms with van der Waals surface area (Å²) < 4.78 is 0. The van der Waals surface area contributed by atoms with Crippen LogP contribution in [0.4, 0.5) is 11.4 Å². The van der Waals surface area contributed by atoms with Crippen molar-refractivity contribution in [3.8, 4) is 0 Å². The first kappa shape index (κ1) is 22.5. The molecule has 0 aliphatic rings. The molecule has 0 unspecified atom stereocenters. The van der Waals surface area contributed by atoms with E-state index in [1.165, 1.54) is 5.56 Å². The van der Waals surface area contributed by atoms with Gasteiger partial charge < -0.3 is 10.2 Å². The number of anilines is 2. The number of aryl methyl sites for hydroxylation is 3. The van der Waals surface area contributed by atoms with Crippen LogP contribution in [0.15, 0.2) is 54.6 Å². The highest BCUT2D eigenvalue weighted by molar-refractivity contribution is 6.04. The Morgan fingerprint density at radius 2 is 1.55 bits per heavy atom. The van der Waals surface area contributed by atoms with Gasteiger partial charge in [-0.15, -0.1) is 0 Å². The van der Waals surface area contributed by atoms with Crippen LogP contribution >= 0.6 is 0 Å². The van der Waals surface area contributed by atoms with Crippen LogP contribution in [0.3, 0.4) is 0 Å². The Balaban J connectivity index is 1.67. The summed E-state index contributed by atoms with van der Waals surface area (Å²) in [5, 5.41) is 5.15. The second-order valence-corrected chi connectivity index (χ2v) is 8.13. The Hall–Kier alpha value is -3.18. The van der Waals surface area contributed by atoms with Crippen molar-refractivity contribution in [3.05, 3.63) is 71.3 Å². The molecule has 2 amide bonds. The number of carbonyl (C=O) groups is 2. The number of hydrogen-bond acceptors (Lipinski definition) is 3. The number of carbonyl (C=O) groups excluding carboxylic acids is 2. The molecule has 0 aliphatic carbocycles. The van der Waals surface area contributed by atoms with Crippen molar-refractivity contribution in [2.45, 2.75) is 27.7 Å². The summed E-state index contributed by atoms with van der Waals surface area (Å²) in [5.41, 5.74) is 5.00. The minimum atomic E-state index is -0.126. The zero-order valence-electron chi connectivity index (χ0n) is 19.0. The Morgan fingerprint density at radius 1 is 0.903 bits per heavy atom. The molecule has 0 aromatic heterocycles. The smallest absolute Gasteiger partial charge is 0.241 e. The third kappa shape index (κ3) is 5.30. The maximum Gasteiger partial charge on any atom is 0.241 e. The van der Waals surface area contributed by atoms with Crippen LogP contribution in [0.1, 0.15) is 23.6 Å². The van der Waals surface area contributed by atoms with Crippen molar-refractivity contribution in [3.63, 3.8) is 0 Å². The first-order valence-electron chi connectivity index (χ1n) is 10.6. The summed E-state index contributed by atoms with van der Waals surface area (Å²) in [6.07, 6.45) is 0. The fourth-order valence-corrected chi connectivity index (χ4v) is 4.10. The number of hydrogen-bond donors (Lipinski definition) is 1. The van der Waals surface area contributed by atoms with Crippen molar-refractivity contribution >= 4 is 34.0 Å². The predicted octanol–water partition coefficient (Wildman–Crippen LogP) is 4.69. The van der Waals surface area contributed by atoms with E-state index in [2.05, 4.69) is 17.4 Å². The summed E-state index contributed by atoms with van der Waals surface area (Å²) >= 11 is 0. The van der Waals surface area contributed by atoms with Gasteiger partial charge in [-0.2, -0.15) is 0 Å². The number of likely N-dealkylation sites (N-methyl/N-ethyl adjacent to an activating group) is 2. The molecular formula is C26H31N3O2. The second-order valence-electron chi connectivity index (χ2n) is 8.13. The highest BCUT2D eigenvalue weighted by Crippen LogP contribution is 2.27. The minimum Gasteiger partial charge on any atom is -0.324 e. The highest BCUT2D eigenvalue weighted by atomic mass is 16.2. The summed E-state index contributed by atoms with van der Waals surface area (Å²) in [5.74, 6) is -0.157. The number of nitrogens with one attached hydrogen (secondary N) is 1. The number of amides is 2. The number of fused-ring (bicyclic) bond motifs is 1. The summed E-state index contributed by atoms with van der Waals surface area (Å²) in [7, 11) is 1.79. The molecule has 0 spiro atoms. The molecule has 0 bridgehead atoms. The Morgan fingerprint density at radius 3 is 2.23 bits per heavy atom. The number of benzene rings is 3. The lowest BCUT2D eigenvalue weighted by molar-refractivity contribution is -0.121. The van der Waals surface area contributed by atoms with Crippen molar-refractivity contribution in [1.82, 2.24) is 4.90 Å². The van der Waals surface area contributed by atoms with E-state index in [-0.39, 0.29) is 24.9 Å². The number of nitrogens with zero attached hydrogens (tertiary/aromatic N) is 2. The molecule has 1 N–H and O–H groups in total. The molecule has 0 heterocycles. The van der Waals surface area contributed by atoms with Crippen LogP contribution in [0, 0.1) is 20.8 Å². The molecule has 5 nitrogen and oxygen atoms in total. The molecule has 3 rings (SSSR count). The summed E-state index contributed by atoms with van der Waals surface area (Å²) in [4.78, 5) is 29.2. The van der Waals surface area contributed by atoms with Gasteiger partial charge in [-0.05, 0) is 57.3 Å². The van der Waals surface area contributed by atoms with Crippen molar-refractivity contribution < 1.29 is 9.59 Å². The van der Waals surface area contributed by atoms with Gasteiger partial charge in [0.2, 0.25) is 11.8 Å². The normalized spacial score (nSPS) is 11.0. The largest absolute Gasteiger partial charge is 0.324 e. The van der Waals surface area contributed by atoms with E-state index in [0.717, 1.165) is 33.3 Å². The standard InChI is InChI=1S/C26H31N3O2/c1-6-29(23-13-9-11-21-10-7-8-12-22(21)23)25(31)17-28(5)16-24(30)27-26-19(3)14-18(2)15-20(26)4/h7-15H,6,16-17H2,1-5H3,(H,27,30). The Kier molecular flexibility index (Phi) is 7.08. The quantitative estimate of drug-likeness (QED) is 0.607. The molecule has 0 saturated heterocycles. The van der Waals surface area contributed by atoms with Crippen molar-refractivity contribution in [2.75, 3.05) is 36.9 Å². The van der Waals surface area contributed by atoms with Gasteiger partial charge in [0, 0.05) is 17.6 Å². The first-order valence-corrected chi connectivity index (χ1v) is 10.6. The zero-order chi connectivity index (χ0) is 22.5. The molecule has 3 aromatic rings. The van der Waals surface area contributed by atoms with Crippen LogP contribution in [0.25, 0.3) is 10.8 Å². The van der Waals surface area contributed by atoms with Crippen LogP contribution in [-0.4, -0.2) is 43.4 Å². The minimum absolute atomic E-state index is 0.0307. The lowest BCUT2D eigenvalue weighted by Crippen LogP contribution is -2.41. The fraction of sp³-hybridized carbons (Fsp3) is 0.308. The van der Waals surface area contributed by atoms with E-state index in [1.807, 2.05) is 70.2 Å². The maximum absolute atomic E-state index is 13.1. The van der Waals surface area contributed by atoms with Crippen molar-refractivity contribution in [1.29, 1.82) is 0 Å². The predicted molar refractivity (Wildman–Crippen MR) is 129 cm³/mol. The summed E-state index contributed by atoms with van der Waals surface area (Å²) in [6, 6.07) is 18.1. The third-order valence-electron chi connectivity index (χ3n) is 5.43. The average molecular weight is 418 g/mol. The van der Waals surface area contributed by atoms with Gasteiger partial charge in [0.15, 0.2) is 0 Å². The molecule has 5 heteroatoms. The second kappa shape index (κ2) is 9.75. The third-order valence-corrected chi connectivity index (χ3v) is 5.43. The van der Waals surface area contributed by atoms with Gasteiger partial charge in [-0.3, -0.25) is 14.5 Å². The van der Waals surface area contributed by atoms with E-state index < -0.39 is 0 Å². The zero-order valence-corrected chi connectivity index (χ0v) is 19.0. The molecule has 0 saturated carbocycles.